The second-order valence-electron chi connectivity index (χ2n) is 3.83. The molecule has 0 spiro atoms. The number of β-amino-alcohol motifs (C(OH)–C–C–N with tert-alkyl or cyclic N) is 1. The highest BCUT2D eigenvalue weighted by atomic mass is 16.3. The van der Waals surface area contributed by atoms with Gasteiger partial charge >= 0.3 is 0 Å². The minimum atomic E-state index is -0.449. The maximum atomic E-state index is 9.87. The van der Waals surface area contributed by atoms with Gasteiger partial charge in [0.25, 0.3) is 0 Å². The number of nitrogens with zero attached hydrogens (tertiary/aromatic N) is 1. The standard InChI is InChI=1S/C10H17NO/c1-4-5-6-11-7-10(12,8-11)9(2)3/h9,12H,6-8H2,1-3H3. The van der Waals surface area contributed by atoms with Crippen molar-refractivity contribution in [2.24, 2.45) is 5.92 Å². The maximum Gasteiger partial charge on any atom is 0.0923 e. The molecule has 12 heavy (non-hydrogen) atoms. The van der Waals surface area contributed by atoms with E-state index in [4.69, 9.17) is 0 Å². The molecule has 1 fully saturated rings. The summed E-state index contributed by atoms with van der Waals surface area (Å²) in [5.74, 6) is 6.19. The summed E-state index contributed by atoms with van der Waals surface area (Å²) in [4.78, 5) is 2.16. The van der Waals surface area contributed by atoms with Crippen molar-refractivity contribution in [1.29, 1.82) is 0 Å². The van der Waals surface area contributed by atoms with Crippen LogP contribution in [0.25, 0.3) is 0 Å². The van der Waals surface area contributed by atoms with Gasteiger partial charge in [0.2, 0.25) is 0 Å². The molecule has 0 atom stereocenters. The molecule has 0 radical (unpaired) electrons. The van der Waals surface area contributed by atoms with E-state index in [-0.39, 0.29) is 0 Å². The van der Waals surface area contributed by atoms with Crippen molar-refractivity contribution in [2.45, 2.75) is 26.4 Å². The maximum absolute atomic E-state index is 9.87. The molecule has 0 aromatic heterocycles. The Kier molecular flexibility index (Phi) is 2.76. The van der Waals surface area contributed by atoms with Gasteiger partial charge in [-0.3, -0.25) is 4.90 Å². The van der Waals surface area contributed by atoms with Gasteiger partial charge < -0.3 is 5.11 Å². The molecule has 0 aliphatic carbocycles. The van der Waals surface area contributed by atoms with E-state index in [1.54, 1.807) is 0 Å². The van der Waals surface area contributed by atoms with Crippen molar-refractivity contribution < 1.29 is 5.11 Å². The van der Waals surface area contributed by atoms with Gasteiger partial charge in [-0.15, -0.1) is 5.92 Å². The first-order valence-corrected chi connectivity index (χ1v) is 4.43. The number of aliphatic hydroxyl groups is 1. The van der Waals surface area contributed by atoms with Crippen LogP contribution in [0.1, 0.15) is 20.8 Å². The smallest absolute Gasteiger partial charge is 0.0923 e. The Labute approximate surface area is 74.6 Å². The van der Waals surface area contributed by atoms with Gasteiger partial charge in [-0.2, -0.15) is 0 Å². The van der Waals surface area contributed by atoms with E-state index in [9.17, 15) is 5.11 Å². The summed E-state index contributed by atoms with van der Waals surface area (Å²) in [6, 6.07) is 0. The summed E-state index contributed by atoms with van der Waals surface area (Å²) in [5.41, 5.74) is -0.449. The van der Waals surface area contributed by atoms with Crippen LogP contribution in [0.3, 0.4) is 0 Å². The minimum absolute atomic E-state index is 0.350. The molecule has 0 saturated carbocycles. The van der Waals surface area contributed by atoms with Crippen LogP contribution in [0.5, 0.6) is 0 Å². The van der Waals surface area contributed by atoms with Crippen LogP contribution in [0.2, 0.25) is 0 Å². The molecule has 1 aliphatic rings. The van der Waals surface area contributed by atoms with Gasteiger partial charge in [0, 0.05) is 13.1 Å². The van der Waals surface area contributed by atoms with Crippen molar-refractivity contribution in [3.8, 4) is 11.8 Å². The predicted octanol–water partition coefficient (Wildman–Crippen LogP) is 0.712. The first kappa shape index (κ1) is 9.57. The lowest BCUT2D eigenvalue weighted by Gasteiger charge is -2.48. The molecule has 1 rings (SSSR count). The Hall–Kier alpha value is -0.520. The number of hydrogen-bond donors (Lipinski definition) is 1. The monoisotopic (exact) mass is 167 g/mol. The molecule has 0 aromatic rings. The van der Waals surface area contributed by atoms with Crippen LogP contribution in [-0.2, 0) is 0 Å². The summed E-state index contributed by atoms with van der Waals surface area (Å²) < 4.78 is 0. The second kappa shape index (κ2) is 3.47. The molecular formula is C10H17NO. The van der Waals surface area contributed by atoms with E-state index in [0.717, 1.165) is 19.6 Å². The predicted molar refractivity (Wildman–Crippen MR) is 49.7 cm³/mol. The average Bonchev–Trinajstić information content (AvgIpc) is 1.95. The molecule has 0 unspecified atom stereocenters. The molecule has 1 saturated heterocycles. The summed E-state index contributed by atoms with van der Waals surface area (Å²) in [5, 5.41) is 9.87. The largest absolute Gasteiger partial charge is 0.387 e. The molecular weight excluding hydrogens is 150 g/mol. The second-order valence-corrected chi connectivity index (χ2v) is 3.83. The van der Waals surface area contributed by atoms with E-state index in [1.807, 2.05) is 6.92 Å². The molecule has 0 aromatic carbocycles. The third kappa shape index (κ3) is 1.80. The summed E-state index contributed by atoms with van der Waals surface area (Å²) in [6.45, 7) is 8.31. The lowest BCUT2D eigenvalue weighted by atomic mass is 9.83. The Bertz CT molecular complexity index is 206. The fourth-order valence-corrected chi connectivity index (χ4v) is 1.40. The molecule has 2 nitrogen and oxygen atoms in total. The molecule has 68 valence electrons. The van der Waals surface area contributed by atoms with Crippen LogP contribution in [-0.4, -0.2) is 35.2 Å². The Morgan fingerprint density at radius 1 is 1.50 bits per heavy atom. The number of hydrogen-bond acceptors (Lipinski definition) is 2. The van der Waals surface area contributed by atoms with E-state index in [1.165, 1.54) is 0 Å². The third-order valence-corrected chi connectivity index (χ3v) is 2.55. The van der Waals surface area contributed by atoms with Crippen molar-refractivity contribution in [1.82, 2.24) is 4.90 Å². The topological polar surface area (TPSA) is 23.5 Å². The van der Waals surface area contributed by atoms with Gasteiger partial charge in [-0.25, -0.2) is 0 Å². The van der Waals surface area contributed by atoms with Gasteiger partial charge in [-0.05, 0) is 12.8 Å². The lowest BCUT2D eigenvalue weighted by molar-refractivity contribution is -0.122. The Morgan fingerprint density at radius 2 is 2.08 bits per heavy atom. The zero-order chi connectivity index (χ0) is 9.19. The molecule has 1 N–H and O–H groups in total. The Balaban J connectivity index is 2.30. The number of rotatable bonds is 2. The highest BCUT2D eigenvalue weighted by Crippen LogP contribution is 2.27. The fraction of sp³-hybridized carbons (Fsp3) is 0.800. The van der Waals surface area contributed by atoms with Gasteiger partial charge in [0.15, 0.2) is 0 Å². The molecule has 0 bridgehead atoms. The van der Waals surface area contributed by atoms with Crippen LogP contribution >= 0.6 is 0 Å². The summed E-state index contributed by atoms with van der Waals surface area (Å²) in [6.07, 6.45) is 0. The van der Waals surface area contributed by atoms with Crippen LogP contribution < -0.4 is 0 Å². The van der Waals surface area contributed by atoms with Gasteiger partial charge in [0.1, 0.15) is 0 Å². The van der Waals surface area contributed by atoms with E-state index < -0.39 is 5.60 Å². The van der Waals surface area contributed by atoms with E-state index in [0.29, 0.717) is 5.92 Å². The van der Waals surface area contributed by atoms with Gasteiger partial charge in [-0.1, -0.05) is 19.8 Å². The van der Waals surface area contributed by atoms with Gasteiger partial charge in [0.05, 0.1) is 12.1 Å². The molecule has 1 aliphatic heterocycles. The zero-order valence-corrected chi connectivity index (χ0v) is 8.09. The van der Waals surface area contributed by atoms with E-state index in [2.05, 4.69) is 30.6 Å². The average molecular weight is 167 g/mol. The highest BCUT2D eigenvalue weighted by molar-refractivity contribution is 5.05. The first-order valence-electron chi connectivity index (χ1n) is 4.43. The van der Waals surface area contributed by atoms with Crippen molar-refractivity contribution >= 4 is 0 Å². The third-order valence-electron chi connectivity index (χ3n) is 2.55. The summed E-state index contributed by atoms with van der Waals surface area (Å²) >= 11 is 0. The van der Waals surface area contributed by atoms with Crippen LogP contribution in [0.15, 0.2) is 0 Å². The lowest BCUT2D eigenvalue weighted by Crippen LogP contribution is -2.64. The quantitative estimate of drug-likeness (QED) is 0.612. The number of likely N-dealkylation sites (tertiary alicyclic amines) is 1. The zero-order valence-electron chi connectivity index (χ0n) is 8.09. The SMILES string of the molecule is CC#CCN1CC(O)(C(C)C)C1. The van der Waals surface area contributed by atoms with Crippen molar-refractivity contribution in [3.63, 3.8) is 0 Å². The van der Waals surface area contributed by atoms with Crippen molar-refractivity contribution in [3.05, 3.63) is 0 Å². The molecule has 0 amide bonds. The normalized spacial score (nSPS) is 21.4. The molecule has 2 heteroatoms. The van der Waals surface area contributed by atoms with Crippen LogP contribution in [0.4, 0.5) is 0 Å². The summed E-state index contributed by atoms with van der Waals surface area (Å²) in [7, 11) is 0. The fourth-order valence-electron chi connectivity index (χ4n) is 1.40. The minimum Gasteiger partial charge on any atom is -0.387 e. The van der Waals surface area contributed by atoms with E-state index >= 15 is 0 Å². The van der Waals surface area contributed by atoms with Crippen molar-refractivity contribution in [2.75, 3.05) is 19.6 Å². The molecule has 1 heterocycles. The Morgan fingerprint density at radius 3 is 2.50 bits per heavy atom. The highest BCUT2D eigenvalue weighted by Gasteiger charge is 2.42. The first-order chi connectivity index (χ1) is 5.58. The van der Waals surface area contributed by atoms with Crippen LogP contribution in [0, 0.1) is 17.8 Å².